The average molecular weight is 395 g/mol. The van der Waals surface area contributed by atoms with Crippen molar-refractivity contribution >= 4 is 39.9 Å². The molecule has 1 saturated heterocycles. The van der Waals surface area contributed by atoms with E-state index in [9.17, 15) is 0 Å². The molecule has 0 aliphatic carbocycles. The van der Waals surface area contributed by atoms with Gasteiger partial charge in [0.25, 0.3) is 0 Å². The maximum absolute atomic E-state index is 4.28. The van der Waals surface area contributed by atoms with E-state index in [-0.39, 0.29) is 0 Å². The van der Waals surface area contributed by atoms with Gasteiger partial charge in [-0.1, -0.05) is 6.07 Å². The maximum atomic E-state index is 4.28. The molecule has 0 saturated carbocycles. The molecule has 1 fully saturated rings. The molecule has 0 spiro atoms. The topological polar surface area (TPSA) is 44.3 Å². The largest absolute Gasteiger partial charge is 0.369 e. The smallest absolute Gasteiger partial charge is 0.227 e. The Labute approximate surface area is 138 Å². The van der Waals surface area contributed by atoms with Crippen molar-refractivity contribution in [1.82, 2.24) is 14.9 Å². The van der Waals surface area contributed by atoms with Gasteiger partial charge in [0.05, 0.1) is 0 Å². The summed E-state index contributed by atoms with van der Waals surface area (Å²) in [5, 5.41) is 3.26. The second-order valence-electron chi connectivity index (χ2n) is 5.19. The molecule has 2 aromatic rings. The monoisotopic (exact) mass is 395 g/mol. The van der Waals surface area contributed by atoms with Crippen molar-refractivity contribution in [3.63, 3.8) is 0 Å². The average Bonchev–Trinajstić information content (AvgIpc) is 2.51. The fourth-order valence-electron chi connectivity index (χ4n) is 2.35. The van der Waals surface area contributed by atoms with Crippen LogP contribution in [0.3, 0.4) is 0 Å². The zero-order valence-electron chi connectivity index (χ0n) is 12.0. The van der Waals surface area contributed by atoms with Crippen molar-refractivity contribution in [1.29, 1.82) is 0 Å². The summed E-state index contributed by atoms with van der Waals surface area (Å²) in [4.78, 5) is 13.3. The maximum Gasteiger partial charge on any atom is 0.227 e. The van der Waals surface area contributed by atoms with Crippen LogP contribution in [0.2, 0.25) is 0 Å². The van der Waals surface area contributed by atoms with Gasteiger partial charge in [0.15, 0.2) is 0 Å². The Morgan fingerprint density at radius 3 is 2.52 bits per heavy atom. The number of aromatic nitrogens is 2. The number of hydrogen-bond acceptors (Lipinski definition) is 5. The zero-order valence-corrected chi connectivity index (χ0v) is 14.1. The number of likely N-dealkylation sites (N-methyl/N-ethyl adjacent to an activating group) is 1. The van der Waals surface area contributed by atoms with Crippen LogP contribution in [0.15, 0.2) is 36.7 Å². The van der Waals surface area contributed by atoms with Gasteiger partial charge in [-0.15, -0.1) is 0 Å². The van der Waals surface area contributed by atoms with Gasteiger partial charge >= 0.3 is 0 Å². The van der Waals surface area contributed by atoms with E-state index >= 15 is 0 Å². The van der Waals surface area contributed by atoms with Crippen LogP contribution in [-0.4, -0.2) is 48.1 Å². The number of nitrogens with one attached hydrogen (secondary N) is 1. The molecule has 0 bridgehead atoms. The van der Waals surface area contributed by atoms with Crippen LogP contribution in [0.1, 0.15) is 0 Å². The Kier molecular flexibility index (Phi) is 4.54. The lowest BCUT2D eigenvalue weighted by Gasteiger charge is -2.34. The summed E-state index contributed by atoms with van der Waals surface area (Å²) in [5.41, 5.74) is 2.27. The first-order valence-electron chi connectivity index (χ1n) is 6.99. The third-order valence-electron chi connectivity index (χ3n) is 3.59. The van der Waals surface area contributed by atoms with Crippen molar-refractivity contribution in [3.8, 4) is 0 Å². The van der Waals surface area contributed by atoms with Crippen molar-refractivity contribution in [2.45, 2.75) is 0 Å². The molecule has 3 rings (SSSR count). The van der Waals surface area contributed by atoms with Crippen LogP contribution < -0.4 is 10.2 Å². The summed E-state index contributed by atoms with van der Waals surface area (Å²) in [7, 11) is 2.17. The van der Waals surface area contributed by atoms with Gasteiger partial charge in [0, 0.05) is 53.5 Å². The summed E-state index contributed by atoms with van der Waals surface area (Å²) in [6, 6.07) is 8.43. The van der Waals surface area contributed by atoms with E-state index in [1.165, 1.54) is 5.69 Å². The van der Waals surface area contributed by atoms with Crippen molar-refractivity contribution in [2.24, 2.45) is 0 Å². The van der Waals surface area contributed by atoms with Crippen LogP contribution in [0.25, 0.3) is 0 Å². The van der Waals surface area contributed by atoms with E-state index in [1.807, 2.05) is 6.07 Å². The quantitative estimate of drug-likeness (QED) is 0.810. The number of hydrogen-bond donors (Lipinski definition) is 1. The van der Waals surface area contributed by atoms with Crippen molar-refractivity contribution < 1.29 is 0 Å². The second kappa shape index (κ2) is 6.57. The normalized spacial score (nSPS) is 16.0. The van der Waals surface area contributed by atoms with Crippen LogP contribution in [0.5, 0.6) is 0 Å². The fourth-order valence-corrected chi connectivity index (χ4v) is 2.63. The zero-order chi connectivity index (χ0) is 14.7. The molecule has 0 radical (unpaired) electrons. The predicted molar refractivity (Wildman–Crippen MR) is 94.2 cm³/mol. The lowest BCUT2D eigenvalue weighted by atomic mass is 10.2. The Bertz CT molecular complexity index is 593. The molecule has 0 atom stereocenters. The van der Waals surface area contributed by atoms with Gasteiger partial charge in [0.2, 0.25) is 5.95 Å². The van der Waals surface area contributed by atoms with Crippen LogP contribution in [0, 0.1) is 3.57 Å². The van der Waals surface area contributed by atoms with Gasteiger partial charge in [-0.05, 0) is 47.8 Å². The molecule has 21 heavy (non-hydrogen) atoms. The molecule has 6 heteroatoms. The molecule has 2 heterocycles. The van der Waals surface area contributed by atoms with Gasteiger partial charge in [-0.3, -0.25) is 0 Å². The lowest BCUT2D eigenvalue weighted by molar-refractivity contribution is 0.313. The molecule has 5 nitrogen and oxygen atoms in total. The first kappa shape index (κ1) is 14.5. The highest BCUT2D eigenvalue weighted by Crippen LogP contribution is 2.22. The Hall–Kier alpha value is -1.41. The minimum Gasteiger partial charge on any atom is -0.369 e. The summed E-state index contributed by atoms with van der Waals surface area (Å²) >= 11 is 2.20. The van der Waals surface area contributed by atoms with E-state index in [0.717, 1.165) is 35.4 Å². The SMILES string of the molecule is CN1CCN(c2cccc(Nc3ncc(I)cn3)c2)CC1. The predicted octanol–water partition coefficient (Wildman–Crippen LogP) is 2.58. The Balaban J connectivity index is 1.72. The minimum atomic E-state index is 0.631. The molecule has 110 valence electrons. The molecule has 0 amide bonds. The Morgan fingerprint density at radius 2 is 1.81 bits per heavy atom. The number of benzene rings is 1. The van der Waals surface area contributed by atoms with Crippen LogP contribution in [-0.2, 0) is 0 Å². The van der Waals surface area contributed by atoms with E-state index < -0.39 is 0 Å². The number of rotatable bonds is 3. The highest BCUT2D eigenvalue weighted by Gasteiger charge is 2.14. The molecule has 0 unspecified atom stereocenters. The molecule has 1 aromatic carbocycles. The summed E-state index contributed by atoms with van der Waals surface area (Å²) in [5.74, 6) is 0.631. The van der Waals surface area contributed by atoms with Gasteiger partial charge in [-0.25, -0.2) is 9.97 Å². The molecule has 1 N–H and O–H groups in total. The molecular formula is C15H18IN5. The number of piperazine rings is 1. The molecule has 1 aliphatic rings. The number of anilines is 3. The number of nitrogens with zero attached hydrogens (tertiary/aromatic N) is 4. The van der Waals surface area contributed by atoms with Crippen molar-refractivity contribution in [2.75, 3.05) is 43.4 Å². The van der Waals surface area contributed by atoms with E-state index in [2.05, 4.69) is 72.9 Å². The molecule has 1 aromatic heterocycles. The highest BCUT2D eigenvalue weighted by atomic mass is 127. The summed E-state index contributed by atoms with van der Waals surface area (Å²) in [6.45, 7) is 4.36. The van der Waals surface area contributed by atoms with Crippen molar-refractivity contribution in [3.05, 3.63) is 40.2 Å². The highest BCUT2D eigenvalue weighted by molar-refractivity contribution is 14.1. The van der Waals surface area contributed by atoms with E-state index in [0.29, 0.717) is 5.95 Å². The van der Waals surface area contributed by atoms with Crippen LogP contribution in [0.4, 0.5) is 17.3 Å². The van der Waals surface area contributed by atoms with Gasteiger partial charge < -0.3 is 15.1 Å². The first-order chi connectivity index (χ1) is 10.2. The lowest BCUT2D eigenvalue weighted by Crippen LogP contribution is -2.44. The fraction of sp³-hybridized carbons (Fsp3) is 0.333. The van der Waals surface area contributed by atoms with E-state index in [4.69, 9.17) is 0 Å². The van der Waals surface area contributed by atoms with E-state index in [1.54, 1.807) is 12.4 Å². The molecular weight excluding hydrogens is 377 g/mol. The minimum absolute atomic E-state index is 0.631. The number of halogens is 1. The van der Waals surface area contributed by atoms with Gasteiger partial charge in [-0.2, -0.15) is 0 Å². The third-order valence-corrected chi connectivity index (χ3v) is 4.15. The molecule has 1 aliphatic heterocycles. The first-order valence-corrected chi connectivity index (χ1v) is 8.07. The standard InChI is InChI=1S/C15H18IN5/c1-20-5-7-21(8-6-20)14-4-2-3-13(9-14)19-15-17-10-12(16)11-18-15/h2-4,9-11H,5-8H2,1H3,(H,17,18,19). The second-order valence-corrected chi connectivity index (χ2v) is 6.44. The van der Waals surface area contributed by atoms with Crippen LogP contribution >= 0.6 is 22.6 Å². The summed E-state index contributed by atoms with van der Waals surface area (Å²) < 4.78 is 1.03. The third kappa shape index (κ3) is 3.82. The summed E-state index contributed by atoms with van der Waals surface area (Å²) in [6.07, 6.45) is 3.61. The van der Waals surface area contributed by atoms with Gasteiger partial charge in [0.1, 0.15) is 0 Å². The Morgan fingerprint density at radius 1 is 1.10 bits per heavy atom.